The van der Waals surface area contributed by atoms with Gasteiger partial charge in [0.2, 0.25) is 0 Å². The fourth-order valence-corrected chi connectivity index (χ4v) is 1.94. The van der Waals surface area contributed by atoms with E-state index in [0.717, 1.165) is 5.56 Å². The van der Waals surface area contributed by atoms with Crippen molar-refractivity contribution in [2.45, 2.75) is 13.8 Å². The largest absolute Gasteiger partial charge is 0.329 e. The van der Waals surface area contributed by atoms with Gasteiger partial charge in [0.25, 0.3) is 0 Å². The van der Waals surface area contributed by atoms with Crippen LogP contribution in [0.2, 0.25) is 5.02 Å². The van der Waals surface area contributed by atoms with Crippen LogP contribution in [0.5, 0.6) is 0 Å². The monoisotopic (exact) mass is 330 g/mol. The molecule has 2 amide bonds. The summed E-state index contributed by atoms with van der Waals surface area (Å²) < 4.78 is 0. The predicted octanol–water partition coefficient (Wildman–Crippen LogP) is 2.52. The quantitative estimate of drug-likeness (QED) is 0.515. The third-order valence-corrected chi connectivity index (χ3v) is 3.55. The van der Waals surface area contributed by atoms with E-state index in [2.05, 4.69) is 20.8 Å². The molecule has 118 valence electrons. The maximum Gasteiger partial charge on any atom is 0.329 e. The van der Waals surface area contributed by atoms with Crippen molar-refractivity contribution >= 4 is 34.8 Å². The molecule has 0 bridgehead atoms. The molecule has 1 heterocycles. The zero-order valence-electron chi connectivity index (χ0n) is 12.6. The van der Waals surface area contributed by atoms with E-state index < -0.39 is 11.8 Å². The van der Waals surface area contributed by atoms with Gasteiger partial charge in [0, 0.05) is 28.7 Å². The van der Waals surface area contributed by atoms with Crippen molar-refractivity contribution in [2.75, 3.05) is 5.32 Å². The van der Waals surface area contributed by atoms with Crippen LogP contribution in [0.4, 0.5) is 5.69 Å². The second-order valence-electron chi connectivity index (χ2n) is 4.74. The molecule has 2 N–H and O–H groups in total. The zero-order valence-corrected chi connectivity index (χ0v) is 13.4. The van der Waals surface area contributed by atoms with Gasteiger partial charge in [-0.1, -0.05) is 17.7 Å². The van der Waals surface area contributed by atoms with E-state index in [1.165, 1.54) is 0 Å². The van der Waals surface area contributed by atoms with E-state index in [1.54, 1.807) is 56.6 Å². The highest BCUT2D eigenvalue weighted by molar-refractivity contribution is 6.40. The number of aromatic nitrogens is 1. The number of nitrogens with zero attached hydrogens (tertiary/aromatic N) is 2. The molecular weight excluding hydrogens is 316 g/mol. The molecule has 1 aromatic heterocycles. The summed E-state index contributed by atoms with van der Waals surface area (Å²) >= 11 is 5.97. The van der Waals surface area contributed by atoms with Crippen LogP contribution in [0.3, 0.4) is 0 Å². The van der Waals surface area contributed by atoms with Crippen LogP contribution < -0.4 is 10.7 Å². The number of carbonyl (C=O) groups is 2. The van der Waals surface area contributed by atoms with Gasteiger partial charge in [-0.15, -0.1) is 0 Å². The van der Waals surface area contributed by atoms with Crippen LogP contribution in [0.15, 0.2) is 47.8 Å². The number of amides is 2. The van der Waals surface area contributed by atoms with E-state index in [0.29, 0.717) is 22.0 Å². The normalized spacial score (nSPS) is 11.0. The lowest BCUT2D eigenvalue weighted by Gasteiger charge is -2.08. The molecule has 0 radical (unpaired) electrons. The summed E-state index contributed by atoms with van der Waals surface area (Å²) in [7, 11) is 0. The lowest BCUT2D eigenvalue weighted by molar-refractivity contribution is -0.136. The molecule has 7 heteroatoms. The third-order valence-electron chi connectivity index (χ3n) is 3.15. The number of nitrogens with one attached hydrogen (secondary N) is 2. The Labute approximate surface area is 138 Å². The molecule has 23 heavy (non-hydrogen) atoms. The van der Waals surface area contributed by atoms with Gasteiger partial charge in [0.05, 0.1) is 5.71 Å². The van der Waals surface area contributed by atoms with Crippen molar-refractivity contribution in [1.82, 2.24) is 10.4 Å². The molecule has 0 aliphatic heterocycles. The van der Waals surface area contributed by atoms with Gasteiger partial charge in [-0.25, -0.2) is 5.43 Å². The van der Waals surface area contributed by atoms with E-state index >= 15 is 0 Å². The number of hydrogen-bond donors (Lipinski definition) is 2. The average molecular weight is 331 g/mol. The van der Waals surface area contributed by atoms with Gasteiger partial charge >= 0.3 is 11.8 Å². The Bertz CT molecular complexity index is 760. The van der Waals surface area contributed by atoms with Crippen LogP contribution in [-0.4, -0.2) is 22.5 Å². The van der Waals surface area contributed by atoms with Crippen LogP contribution in [0, 0.1) is 6.92 Å². The molecular formula is C16H15ClN4O2. The molecule has 0 saturated carbocycles. The number of carbonyl (C=O) groups excluding carboxylic acids is 2. The third kappa shape index (κ3) is 4.37. The molecule has 6 nitrogen and oxygen atoms in total. The van der Waals surface area contributed by atoms with E-state index in [4.69, 9.17) is 11.6 Å². The van der Waals surface area contributed by atoms with Gasteiger partial charge in [-0.05, 0) is 43.7 Å². The lowest BCUT2D eigenvalue weighted by Crippen LogP contribution is -2.33. The number of rotatable bonds is 3. The molecule has 0 fully saturated rings. The molecule has 0 aliphatic rings. The summed E-state index contributed by atoms with van der Waals surface area (Å²) in [5.41, 5.74) is 4.74. The Kier molecular flexibility index (Phi) is 5.43. The van der Waals surface area contributed by atoms with Gasteiger partial charge in [-0.2, -0.15) is 5.10 Å². The highest BCUT2D eigenvalue weighted by atomic mass is 35.5. The number of pyridine rings is 1. The zero-order chi connectivity index (χ0) is 16.8. The van der Waals surface area contributed by atoms with Gasteiger partial charge in [0.1, 0.15) is 0 Å². The summed E-state index contributed by atoms with van der Waals surface area (Å²) in [4.78, 5) is 27.6. The highest BCUT2D eigenvalue weighted by Gasteiger charge is 2.15. The van der Waals surface area contributed by atoms with Crippen molar-refractivity contribution in [3.63, 3.8) is 0 Å². The van der Waals surface area contributed by atoms with Crippen molar-refractivity contribution < 1.29 is 9.59 Å². The Balaban J connectivity index is 2.01. The number of benzene rings is 1. The van der Waals surface area contributed by atoms with Crippen molar-refractivity contribution in [1.29, 1.82) is 0 Å². The SMILES string of the molecule is CC(=NNC(=O)C(=O)Nc1cccc(Cl)c1C)c1ccncc1. The average Bonchev–Trinajstić information content (AvgIpc) is 2.57. The molecule has 2 aromatic rings. The smallest absolute Gasteiger partial charge is 0.317 e. The van der Waals surface area contributed by atoms with Crippen molar-refractivity contribution in [2.24, 2.45) is 5.10 Å². The second-order valence-corrected chi connectivity index (χ2v) is 5.15. The molecule has 0 saturated heterocycles. The van der Waals surface area contributed by atoms with Crippen LogP contribution >= 0.6 is 11.6 Å². The minimum Gasteiger partial charge on any atom is -0.317 e. The van der Waals surface area contributed by atoms with Gasteiger partial charge in [0.15, 0.2) is 0 Å². The molecule has 0 unspecified atom stereocenters. The minimum absolute atomic E-state index is 0.479. The maximum absolute atomic E-state index is 11.9. The summed E-state index contributed by atoms with van der Waals surface area (Å²) in [5.74, 6) is -1.68. The van der Waals surface area contributed by atoms with Crippen molar-refractivity contribution in [3.8, 4) is 0 Å². The Morgan fingerprint density at radius 3 is 2.52 bits per heavy atom. The maximum atomic E-state index is 11.9. The molecule has 0 aliphatic carbocycles. The Hall–Kier alpha value is -2.73. The second kappa shape index (κ2) is 7.51. The summed E-state index contributed by atoms with van der Waals surface area (Å²) in [6.07, 6.45) is 3.23. The minimum atomic E-state index is -0.863. The summed E-state index contributed by atoms with van der Waals surface area (Å²) in [6.45, 7) is 3.47. The number of hydrazone groups is 1. The first-order valence-corrected chi connectivity index (χ1v) is 7.18. The van der Waals surface area contributed by atoms with E-state index in [-0.39, 0.29) is 0 Å². The first-order valence-electron chi connectivity index (χ1n) is 6.80. The number of hydrogen-bond acceptors (Lipinski definition) is 4. The standard InChI is InChI=1S/C16H15ClN4O2/c1-10-13(17)4-3-5-14(10)19-15(22)16(23)21-20-11(2)12-6-8-18-9-7-12/h3-9H,1-2H3,(H,19,22)(H,21,23). The predicted molar refractivity (Wildman–Crippen MR) is 89.4 cm³/mol. The van der Waals surface area contributed by atoms with E-state index in [1.807, 2.05) is 0 Å². The molecule has 0 atom stereocenters. The molecule has 2 rings (SSSR count). The summed E-state index contributed by atoms with van der Waals surface area (Å²) in [6, 6.07) is 8.56. The fourth-order valence-electron chi connectivity index (χ4n) is 1.77. The molecule has 1 aromatic carbocycles. The lowest BCUT2D eigenvalue weighted by atomic mass is 10.2. The van der Waals surface area contributed by atoms with Crippen LogP contribution in [-0.2, 0) is 9.59 Å². The number of anilines is 1. The number of halogens is 1. The van der Waals surface area contributed by atoms with Crippen LogP contribution in [0.1, 0.15) is 18.1 Å². The van der Waals surface area contributed by atoms with Gasteiger partial charge in [-0.3, -0.25) is 14.6 Å². The summed E-state index contributed by atoms with van der Waals surface area (Å²) in [5, 5.41) is 6.91. The first kappa shape index (κ1) is 16.6. The van der Waals surface area contributed by atoms with Crippen LogP contribution in [0.25, 0.3) is 0 Å². The van der Waals surface area contributed by atoms with Crippen molar-refractivity contribution in [3.05, 3.63) is 58.9 Å². The fraction of sp³-hybridized carbons (Fsp3) is 0.125. The topological polar surface area (TPSA) is 83.5 Å². The van der Waals surface area contributed by atoms with Gasteiger partial charge < -0.3 is 5.32 Å². The Morgan fingerprint density at radius 2 is 1.83 bits per heavy atom. The molecule has 0 spiro atoms. The highest BCUT2D eigenvalue weighted by Crippen LogP contribution is 2.22. The van der Waals surface area contributed by atoms with E-state index in [9.17, 15) is 9.59 Å². The Morgan fingerprint density at radius 1 is 1.13 bits per heavy atom. The first-order chi connectivity index (χ1) is 11.0.